The number of fused-ring (bicyclic) bond motifs is 1. The fourth-order valence-electron chi connectivity index (χ4n) is 3.82. The van der Waals surface area contributed by atoms with Crippen LogP contribution in [0.4, 0.5) is 0 Å². The Balaban J connectivity index is 2.07. The maximum atomic E-state index is 12.8. The number of pyridine rings is 1. The smallest absolute Gasteiger partial charge is 0.346 e. The number of carboxylic acids is 1. The quantitative estimate of drug-likeness (QED) is 0.740. The van der Waals surface area contributed by atoms with Crippen LogP contribution in [-0.2, 0) is 0 Å². The molecule has 3 aromatic rings. The van der Waals surface area contributed by atoms with Gasteiger partial charge in [0.25, 0.3) is 5.56 Å². The lowest BCUT2D eigenvalue weighted by Crippen LogP contribution is -2.34. The summed E-state index contributed by atoms with van der Waals surface area (Å²) in [6, 6.07) is 11.3. The summed E-state index contributed by atoms with van der Waals surface area (Å²) < 4.78 is 1.83. The van der Waals surface area contributed by atoms with Gasteiger partial charge in [0.15, 0.2) is 0 Å². The summed E-state index contributed by atoms with van der Waals surface area (Å²) in [4.78, 5) is 25.8. The van der Waals surface area contributed by atoms with Crippen molar-refractivity contribution in [2.24, 2.45) is 0 Å². The number of thiophene rings is 1. The molecule has 134 valence electrons. The summed E-state index contributed by atoms with van der Waals surface area (Å²) in [5.74, 6) is -0.950. The minimum Gasteiger partial charge on any atom is -0.477 e. The van der Waals surface area contributed by atoms with Gasteiger partial charge < -0.3 is 10.4 Å². The fraction of sp³-hybridized carbons (Fsp3) is 0.300. The second-order valence-electron chi connectivity index (χ2n) is 6.67. The molecule has 0 amide bonds. The highest BCUT2D eigenvalue weighted by atomic mass is 32.1. The van der Waals surface area contributed by atoms with Gasteiger partial charge in [0.2, 0.25) is 0 Å². The number of carboxylic acid groups (broad SMARTS) is 1. The highest BCUT2D eigenvalue weighted by molar-refractivity contribution is 7.21. The van der Waals surface area contributed by atoms with Crippen molar-refractivity contribution in [3.63, 3.8) is 0 Å². The zero-order valence-electron chi connectivity index (χ0n) is 14.5. The van der Waals surface area contributed by atoms with Crippen LogP contribution in [0.25, 0.3) is 21.3 Å². The molecule has 0 radical (unpaired) electrons. The van der Waals surface area contributed by atoms with Crippen LogP contribution in [-0.4, -0.2) is 28.7 Å². The molecule has 2 N–H and O–H groups in total. The monoisotopic (exact) mass is 368 g/mol. The Morgan fingerprint density at radius 3 is 2.58 bits per heavy atom. The fourth-order valence-corrected chi connectivity index (χ4v) is 5.13. The molecule has 0 atom stereocenters. The minimum atomic E-state index is -0.950. The van der Waals surface area contributed by atoms with E-state index in [1.807, 2.05) is 41.8 Å². The zero-order chi connectivity index (χ0) is 18.3. The van der Waals surface area contributed by atoms with Gasteiger partial charge in [-0.15, -0.1) is 11.3 Å². The highest BCUT2D eigenvalue weighted by Crippen LogP contribution is 2.41. The Kier molecular flexibility index (Phi) is 4.38. The molecule has 1 aliphatic rings. The summed E-state index contributed by atoms with van der Waals surface area (Å²) in [7, 11) is 0. The SMILES string of the molecule is Cc1cc(=O)n(C2CCNCC2)c2sc(C(=O)O)c(-c3ccccc3)c12. The lowest BCUT2D eigenvalue weighted by Gasteiger charge is -2.25. The molecule has 1 aromatic carbocycles. The molecule has 3 heterocycles. The second kappa shape index (κ2) is 6.70. The predicted octanol–water partition coefficient (Wildman–Crippen LogP) is 3.66. The van der Waals surface area contributed by atoms with Crippen LogP contribution in [0.3, 0.4) is 0 Å². The highest BCUT2D eigenvalue weighted by Gasteiger charge is 2.26. The van der Waals surface area contributed by atoms with Gasteiger partial charge in [-0.2, -0.15) is 0 Å². The molecule has 2 aromatic heterocycles. The molecule has 5 nitrogen and oxygen atoms in total. The summed E-state index contributed by atoms with van der Waals surface area (Å²) in [6.45, 7) is 3.63. The molecule has 0 spiro atoms. The number of hydrogen-bond donors (Lipinski definition) is 2. The number of aromatic carboxylic acids is 1. The van der Waals surface area contributed by atoms with Gasteiger partial charge in [0.1, 0.15) is 9.71 Å². The third-order valence-corrected chi connectivity index (χ3v) is 6.19. The number of aryl methyl sites for hydroxylation is 1. The second-order valence-corrected chi connectivity index (χ2v) is 7.67. The number of aromatic nitrogens is 1. The first-order chi connectivity index (χ1) is 12.6. The molecule has 0 aliphatic carbocycles. The van der Waals surface area contributed by atoms with Crippen molar-refractivity contribution in [1.29, 1.82) is 0 Å². The van der Waals surface area contributed by atoms with Crippen molar-refractivity contribution in [2.75, 3.05) is 13.1 Å². The maximum Gasteiger partial charge on any atom is 0.346 e. The van der Waals surface area contributed by atoms with Gasteiger partial charge in [0.05, 0.1) is 0 Å². The molecule has 1 fully saturated rings. The van der Waals surface area contributed by atoms with E-state index in [-0.39, 0.29) is 11.6 Å². The van der Waals surface area contributed by atoms with E-state index in [1.54, 1.807) is 6.07 Å². The molecular weight excluding hydrogens is 348 g/mol. The van der Waals surface area contributed by atoms with Crippen LogP contribution in [0.5, 0.6) is 0 Å². The van der Waals surface area contributed by atoms with E-state index >= 15 is 0 Å². The van der Waals surface area contributed by atoms with Crippen molar-refractivity contribution < 1.29 is 9.90 Å². The minimum absolute atomic E-state index is 0.0419. The van der Waals surface area contributed by atoms with Crippen LogP contribution in [0.2, 0.25) is 0 Å². The number of rotatable bonds is 3. The van der Waals surface area contributed by atoms with Crippen molar-refractivity contribution in [2.45, 2.75) is 25.8 Å². The Morgan fingerprint density at radius 1 is 1.23 bits per heavy atom. The van der Waals surface area contributed by atoms with E-state index in [2.05, 4.69) is 5.32 Å². The van der Waals surface area contributed by atoms with Crippen molar-refractivity contribution in [3.8, 4) is 11.1 Å². The molecule has 26 heavy (non-hydrogen) atoms. The predicted molar refractivity (Wildman–Crippen MR) is 104 cm³/mol. The van der Waals surface area contributed by atoms with Crippen LogP contribution >= 0.6 is 11.3 Å². The van der Waals surface area contributed by atoms with Crippen molar-refractivity contribution >= 4 is 27.5 Å². The number of nitrogens with one attached hydrogen (secondary N) is 1. The van der Waals surface area contributed by atoms with Gasteiger partial charge in [-0.05, 0) is 44.0 Å². The maximum absolute atomic E-state index is 12.8. The Hall–Kier alpha value is -2.44. The van der Waals surface area contributed by atoms with Crippen LogP contribution in [0.15, 0.2) is 41.2 Å². The zero-order valence-corrected chi connectivity index (χ0v) is 15.3. The number of benzene rings is 1. The Morgan fingerprint density at radius 2 is 1.92 bits per heavy atom. The van der Waals surface area contributed by atoms with Crippen molar-refractivity contribution in [3.05, 3.63) is 57.2 Å². The molecule has 6 heteroatoms. The number of carbonyl (C=O) groups is 1. The van der Waals surface area contributed by atoms with Crippen LogP contribution in [0, 0.1) is 6.92 Å². The van der Waals surface area contributed by atoms with Gasteiger partial charge in [0, 0.05) is 23.1 Å². The summed E-state index contributed by atoms with van der Waals surface area (Å²) in [5, 5.41) is 14.0. The Labute approximate surface area is 154 Å². The van der Waals surface area contributed by atoms with E-state index in [0.717, 1.165) is 52.8 Å². The largest absolute Gasteiger partial charge is 0.477 e. The first kappa shape index (κ1) is 17.0. The molecule has 4 rings (SSSR count). The van der Waals surface area contributed by atoms with Gasteiger partial charge >= 0.3 is 5.97 Å². The molecule has 0 bridgehead atoms. The van der Waals surface area contributed by atoms with E-state index in [1.165, 1.54) is 11.3 Å². The van der Waals surface area contributed by atoms with Gasteiger partial charge in [-0.25, -0.2) is 4.79 Å². The summed E-state index contributed by atoms with van der Waals surface area (Å²) in [6.07, 6.45) is 1.75. The average Bonchev–Trinajstić information content (AvgIpc) is 3.04. The summed E-state index contributed by atoms with van der Waals surface area (Å²) in [5.41, 5.74) is 2.38. The van der Waals surface area contributed by atoms with Gasteiger partial charge in [-0.3, -0.25) is 9.36 Å². The molecule has 1 saturated heterocycles. The lowest BCUT2D eigenvalue weighted by atomic mass is 9.99. The average molecular weight is 368 g/mol. The lowest BCUT2D eigenvalue weighted by molar-refractivity contribution is 0.0703. The summed E-state index contributed by atoms with van der Waals surface area (Å²) >= 11 is 1.22. The van der Waals surface area contributed by atoms with E-state index in [4.69, 9.17) is 0 Å². The normalized spacial score (nSPS) is 15.4. The van der Waals surface area contributed by atoms with E-state index in [9.17, 15) is 14.7 Å². The molecular formula is C20H20N2O3S. The number of piperidine rings is 1. The van der Waals surface area contributed by atoms with Crippen LogP contribution in [0.1, 0.15) is 34.1 Å². The number of hydrogen-bond acceptors (Lipinski definition) is 4. The Bertz CT molecular complexity index is 1030. The van der Waals surface area contributed by atoms with Crippen LogP contribution < -0.4 is 10.9 Å². The first-order valence-electron chi connectivity index (χ1n) is 8.76. The third kappa shape index (κ3) is 2.75. The van der Waals surface area contributed by atoms with Gasteiger partial charge in [-0.1, -0.05) is 30.3 Å². The third-order valence-electron chi connectivity index (χ3n) is 5.01. The standard InChI is InChI=1S/C20H20N2O3S/c1-12-11-15(23)22(14-7-9-21-10-8-14)19-16(12)17(18(26-19)20(24)25)13-5-3-2-4-6-13/h2-6,11,14,21H,7-10H2,1H3,(H,24,25). The van der Waals surface area contributed by atoms with E-state index < -0.39 is 5.97 Å². The first-order valence-corrected chi connectivity index (χ1v) is 9.57. The molecule has 0 unspecified atom stereocenters. The van der Waals surface area contributed by atoms with Crippen molar-refractivity contribution in [1.82, 2.24) is 9.88 Å². The van der Waals surface area contributed by atoms with E-state index in [0.29, 0.717) is 4.88 Å². The molecule has 1 aliphatic heterocycles. The topological polar surface area (TPSA) is 71.3 Å². The molecule has 0 saturated carbocycles. The number of nitrogens with zero attached hydrogens (tertiary/aromatic N) is 1.